The lowest BCUT2D eigenvalue weighted by Crippen LogP contribution is -2.31. The third kappa shape index (κ3) is 4.43. The van der Waals surface area contributed by atoms with Gasteiger partial charge in [0.25, 0.3) is 5.91 Å². The molecule has 1 aromatic heterocycles. The van der Waals surface area contributed by atoms with Crippen LogP contribution in [0.2, 0.25) is 10.2 Å². The highest BCUT2D eigenvalue weighted by molar-refractivity contribution is 6.32. The second-order valence-electron chi connectivity index (χ2n) is 4.67. The molecule has 1 N–H and O–H groups in total. The SMILES string of the molecule is COC(=O)CC(NC(=O)c1cccnc1Cl)c1ccccc1Cl. The number of esters is 1. The average molecular weight is 353 g/mol. The molecule has 0 aliphatic heterocycles. The van der Waals surface area contributed by atoms with Gasteiger partial charge >= 0.3 is 5.97 Å². The number of hydrogen-bond acceptors (Lipinski definition) is 4. The highest BCUT2D eigenvalue weighted by atomic mass is 35.5. The van der Waals surface area contributed by atoms with Crippen molar-refractivity contribution < 1.29 is 14.3 Å². The van der Waals surface area contributed by atoms with E-state index in [2.05, 4.69) is 15.0 Å². The van der Waals surface area contributed by atoms with E-state index in [-0.39, 0.29) is 17.1 Å². The zero-order valence-corrected chi connectivity index (χ0v) is 13.8. The lowest BCUT2D eigenvalue weighted by molar-refractivity contribution is -0.141. The van der Waals surface area contributed by atoms with Gasteiger partial charge < -0.3 is 10.1 Å². The smallest absolute Gasteiger partial charge is 0.307 e. The van der Waals surface area contributed by atoms with E-state index in [1.165, 1.54) is 13.3 Å². The van der Waals surface area contributed by atoms with Crippen molar-refractivity contribution in [2.45, 2.75) is 12.5 Å². The van der Waals surface area contributed by atoms with Gasteiger partial charge in [0.2, 0.25) is 0 Å². The standard InChI is InChI=1S/C16H14Cl2N2O3/c1-23-14(21)9-13(10-5-2-3-7-12(10)17)20-16(22)11-6-4-8-19-15(11)18/h2-8,13H,9H2,1H3,(H,20,22). The Morgan fingerprint density at radius 2 is 1.96 bits per heavy atom. The first kappa shape index (κ1) is 17.2. The normalized spacial score (nSPS) is 11.6. The zero-order valence-electron chi connectivity index (χ0n) is 12.3. The Morgan fingerprint density at radius 1 is 1.22 bits per heavy atom. The molecule has 0 fully saturated rings. The number of amides is 1. The predicted molar refractivity (Wildman–Crippen MR) is 87.5 cm³/mol. The van der Waals surface area contributed by atoms with E-state index < -0.39 is 17.9 Å². The number of rotatable bonds is 5. The molecule has 0 aliphatic carbocycles. The minimum absolute atomic E-state index is 0.0517. The van der Waals surface area contributed by atoms with Crippen LogP contribution in [0.4, 0.5) is 0 Å². The van der Waals surface area contributed by atoms with Crippen LogP contribution in [0.1, 0.15) is 28.4 Å². The number of carbonyl (C=O) groups excluding carboxylic acids is 2. The van der Waals surface area contributed by atoms with E-state index in [0.717, 1.165) is 0 Å². The second-order valence-corrected chi connectivity index (χ2v) is 5.43. The fourth-order valence-electron chi connectivity index (χ4n) is 2.04. The topological polar surface area (TPSA) is 68.3 Å². The Hall–Kier alpha value is -2.11. The highest BCUT2D eigenvalue weighted by Crippen LogP contribution is 2.26. The van der Waals surface area contributed by atoms with Gasteiger partial charge in [0.1, 0.15) is 5.15 Å². The van der Waals surface area contributed by atoms with Gasteiger partial charge in [-0.1, -0.05) is 41.4 Å². The fourth-order valence-corrected chi connectivity index (χ4v) is 2.51. The number of aromatic nitrogens is 1. The molecule has 0 radical (unpaired) electrons. The van der Waals surface area contributed by atoms with Gasteiger partial charge in [-0.05, 0) is 23.8 Å². The first-order chi connectivity index (χ1) is 11.0. The van der Waals surface area contributed by atoms with Crippen molar-refractivity contribution in [1.82, 2.24) is 10.3 Å². The van der Waals surface area contributed by atoms with E-state index in [0.29, 0.717) is 10.6 Å². The molecule has 0 saturated carbocycles. The summed E-state index contributed by atoms with van der Waals surface area (Å²) in [7, 11) is 1.28. The number of ether oxygens (including phenoxy) is 1. The number of halogens is 2. The van der Waals surface area contributed by atoms with Crippen LogP contribution < -0.4 is 5.32 Å². The first-order valence-corrected chi connectivity index (χ1v) is 7.51. The summed E-state index contributed by atoms with van der Waals surface area (Å²) in [4.78, 5) is 27.9. The van der Waals surface area contributed by atoms with Gasteiger partial charge in [0, 0.05) is 11.2 Å². The Kier molecular flexibility index (Phi) is 5.96. The largest absolute Gasteiger partial charge is 0.469 e. The van der Waals surface area contributed by atoms with Gasteiger partial charge in [-0.2, -0.15) is 0 Å². The maximum absolute atomic E-state index is 12.4. The fraction of sp³-hybridized carbons (Fsp3) is 0.188. The van der Waals surface area contributed by atoms with Crippen LogP contribution in [-0.2, 0) is 9.53 Å². The van der Waals surface area contributed by atoms with Crippen LogP contribution in [0.3, 0.4) is 0 Å². The number of carbonyl (C=O) groups is 2. The molecule has 2 aromatic rings. The molecule has 0 bridgehead atoms. The van der Waals surface area contributed by atoms with Gasteiger partial charge in [-0.25, -0.2) is 4.98 Å². The summed E-state index contributed by atoms with van der Waals surface area (Å²) in [6.45, 7) is 0. The van der Waals surface area contributed by atoms with Crippen LogP contribution in [0.25, 0.3) is 0 Å². The Labute approximate surface area is 143 Å². The molecule has 1 unspecified atom stereocenters. The molecule has 0 saturated heterocycles. The van der Waals surface area contributed by atoms with Crippen LogP contribution in [0, 0.1) is 0 Å². The first-order valence-electron chi connectivity index (χ1n) is 6.75. The van der Waals surface area contributed by atoms with Crippen molar-refractivity contribution in [2.75, 3.05) is 7.11 Å². The molecule has 0 aliphatic rings. The van der Waals surface area contributed by atoms with Crippen LogP contribution >= 0.6 is 23.2 Å². The summed E-state index contributed by atoms with van der Waals surface area (Å²) in [6.07, 6.45) is 1.43. The lowest BCUT2D eigenvalue weighted by Gasteiger charge is -2.19. The van der Waals surface area contributed by atoms with Crippen LogP contribution in [-0.4, -0.2) is 24.0 Å². The molecule has 5 nitrogen and oxygen atoms in total. The number of nitrogens with one attached hydrogen (secondary N) is 1. The summed E-state index contributed by atoms with van der Waals surface area (Å²) in [5.74, 6) is -0.913. The number of benzene rings is 1. The maximum atomic E-state index is 12.4. The van der Waals surface area contributed by atoms with E-state index in [9.17, 15) is 9.59 Å². The Morgan fingerprint density at radius 3 is 2.61 bits per heavy atom. The molecule has 1 heterocycles. The Bertz CT molecular complexity index is 722. The van der Waals surface area contributed by atoms with Crippen molar-refractivity contribution in [3.63, 3.8) is 0 Å². The quantitative estimate of drug-likeness (QED) is 0.661. The average Bonchev–Trinajstić information content (AvgIpc) is 2.55. The molecule has 2 rings (SSSR count). The molecule has 1 aromatic carbocycles. The molecule has 1 amide bonds. The minimum atomic E-state index is -0.639. The molecular formula is C16H14Cl2N2O3. The maximum Gasteiger partial charge on any atom is 0.307 e. The lowest BCUT2D eigenvalue weighted by atomic mass is 10.0. The van der Waals surface area contributed by atoms with Crippen molar-refractivity contribution in [3.8, 4) is 0 Å². The van der Waals surface area contributed by atoms with Gasteiger partial charge in [0.15, 0.2) is 0 Å². The number of hydrogen-bond donors (Lipinski definition) is 1. The molecule has 23 heavy (non-hydrogen) atoms. The second kappa shape index (κ2) is 7.94. The zero-order chi connectivity index (χ0) is 16.8. The molecule has 1 atom stereocenters. The minimum Gasteiger partial charge on any atom is -0.469 e. The van der Waals surface area contributed by atoms with E-state index in [4.69, 9.17) is 23.2 Å². The monoisotopic (exact) mass is 352 g/mol. The molecular weight excluding hydrogens is 339 g/mol. The summed E-state index contributed by atoms with van der Waals surface area (Å²) in [5, 5.41) is 3.28. The molecule has 7 heteroatoms. The number of methoxy groups -OCH3 is 1. The predicted octanol–water partition coefficient (Wildman–Crippen LogP) is 3.42. The van der Waals surface area contributed by atoms with Crippen molar-refractivity contribution in [1.29, 1.82) is 0 Å². The number of pyridine rings is 1. The molecule has 120 valence electrons. The summed E-state index contributed by atoms with van der Waals surface area (Å²) in [5.41, 5.74) is 0.837. The van der Waals surface area contributed by atoms with Gasteiger partial charge in [0.05, 0.1) is 25.1 Å². The number of nitrogens with zero attached hydrogens (tertiary/aromatic N) is 1. The highest BCUT2D eigenvalue weighted by Gasteiger charge is 2.22. The third-order valence-corrected chi connectivity index (χ3v) is 3.83. The summed E-state index contributed by atoms with van der Waals surface area (Å²) in [6, 6.07) is 9.47. The van der Waals surface area contributed by atoms with Crippen LogP contribution in [0.15, 0.2) is 42.6 Å². The third-order valence-electron chi connectivity index (χ3n) is 3.19. The van der Waals surface area contributed by atoms with Crippen molar-refractivity contribution in [2.24, 2.45) is 0 Å². The van der Waals surface area contributed by atoms with Gasteiger partial charge in [-0.3, -0.25) is 9.59 Å². The van der Waals surface area contributed by atoms with E-state index in [1.807, 2.05) is 0 Å². The van der Waals surface area contributed by atoms with Crippen molar-refractivity contribution in [3.05, 3.63) is 63.9 Å². The Balaban J connectivity index is 2.28. The summed E-state index contributed by atoms with van der Waals surface area (Å²) < 4.78 is 4.68. The van der Waals surface area contributed by atoms with Crippen LogP contribution in [0.5, 0.6) is 0 Å². The van der Waals surface area contributed by atoms with E-state index in [1.54, 1.807) is 36.4 Å². The van der Waals surface area contributed by atoms with Gasteiger partial charge in [-0.15, -0.1) is 0 Å². The molecule has 0 spiro atoms. The van der Waals surface area contributed by atoms with Crippen molar-refractivity contribution >= 4 is 35.1 Å². The van der Waals surface area contributed by atoms with E-state index >= 15 is 0 Å². The summed E-state index contributed by atoms with van der Waals surface area (Å²) >= 11 is 12.1.